The average Bonchev–Trinajstić information content (AvgIpc) is 3.48. The number of nitrogens with zero attached hydrogens (tertiary/aromatic N) is 2. The molecule has 0 aromatic heterocycles. The number of rotatable bonds is 4. The highest BCUT2D eigenvalue weighted by molar-refractivity contribution is 7.00. The summed E-state index contributed by atoms with van der Waals surface area (Å²) in [5.41, 5.74) is 15.6. The maximum absolute atomic E-state index is 7.10. The summed E-state index contributed by atoms with van der Waals surface area (Å²) in [5.74, 6) is 1.85. The summed E-state index contributed by atoms with van der Waals surface area (Å²) in [6.07, 6.45) is 0. The van der Waals surface area contributed by atoms with Crippen LogP contribution < -0.4 is 30.9 Å². The van der Waals surface area contributed by atoms with Crippen molar-refractivity contribution in [3.63, 3.8) is 0 Å². The van der Waals surface area contributed by atoms with Gasteiger partial charge in [-0.25, -0.2) is 0 Å². The third kappa shape index (κ3) is 4.56. The number of para-hydroxylation sites is 3. The second-order valence-electron chi connectivity index (χ2n) is 16.0. The van der Waals surface area contributed by atoms with Crippen LogP contribution in [0.15, 0.2) is 188 Å². The molecule has 9 aromatic carbocycles. The molecule has 0 saturated heterocycles. The van der Waals surface area contributed by atoms with Gasteiger partial charge in [0.2, 0.25) is 0 Å². The first-order chi connectivity index (χ1) is 28.1. The van der Waals surface area contributed by atoms with E-state index in [0.29, 0.717) is 0 Å². The van der Waals surface area contributed by atoms with Crippen LogP contribution in [0.4, 0.5) is 34.1 Å². The number of anilines is 6. The fourth-order valence-corrected chi connectivity index (χ4v) is 10.1. The zero-order chi connectivity index (χ0) is 37.8. The molecule has 2 heterocycles. The fraction of sp³-hybridized carbons (Fsp3) is 0.0566. The molecule has 3 nitrogen and oxygen atoms in total. The molecular weight excluding hydrogens is 691 g/mol. The Kier molecular flexibility index (Phi) is 6.77. The van der Waals surface area contributed by atoms with Crippen molar-refractivity contribution in [2.45, 2.75) is 19.3 Å². The van der Waals surface area contributed by atoms with Crippen LogP contribution in [0.5, 0.6) is 11.5 Å². The smallest absolute Gasteiger partial charge is 0.257 e. The van der Waals surface area contributed by atoms with Gasteiger partial charge in [0, 0.05) is 39.2 Å². The maximum Gasteiger partial charge on any atom is 0.257 e. The summed E-state index contributed by atoms with van der Waals surface area (Å²) in [6, 6.07) is 68.5. The van der Waals surface area contributed by atoms with Gasteiger partial charge in [-0.15, -0.1) is 0 Å². The van der Waals surface area contributed by atoms with E-state index < -0.39 is 0 Å². The predicted molar refractivity (Wildman–Crippen MR) is 240 cm³/mol. The Morgan fingerprint density at radius 3 is 1.88 bits per heavy atom. The average molecular weight is 729 g/mol. The first kappa shape index (κ1) is 32.2. The van der Waals surface area contributed by atoms with Crippen molar-refractivity contribution >= 4 is 78.8 Å². The van der Waals surface area contributed by atoms with E-state index in [1.807, 2.05) is 0 Å². The van der Waals surface area contributed by atoms with Crippen LogP contribution in [0.3, 0.4) is 0 Å². The van der Waals surface area contributed by atoms with Gasteiger partial charge in [0.15, 0.2) is 0 Å². The van der Waals surface area contributed by atoms with Crippen LogP contribution in [0.1, 0.15) is 25.0 Å². The van der Waals surface area contributed by atoms with E-state index in [9.17, 15) is 0 Å². The summed E-state index contributed by atoms with van der Waals surface area (Å²) in [7, 11) is 0. The minimum Gasteiger partial charge on any atom is -0.458 e. The maximum atomic E-state index is 7.10. The Labute approximate surface area is 333 Å². The van der Waals surface area contributed by atoms with Crippen LogP contribution >= 0.6 is 0 Å². The molecule has 57 heavy (non-hydrogen) atoms. The zero-order valence-corrected chi connectivity index (χ0v) is 31.8. The standard InChI is InChI=1S/C53H37BN2O/c1-53(2)42-32-44-49(31-41(42)50-40-26-15-14-25-39(40)47(33-43(50)53)55(35-18-6-3-7-19-35)36-20-8-4-9-21-36)57-48-28-16-27-45-52(48)54(44)51-38-24-13-12-17-34(38)29-30-46(51)56(45)37-22-10-5-11-23-37/h3-33H,1-2H3. The molecule has 3 aliphatic rings. The van der Waals surface area contributed by atoms with Crippen molar-refractivity contribution in [2.24, 2.45) is 0 Å². The third-order valence-electron chi connectivity index (χ3n) is 12.7. The highest BCUT2D eigenvalue weighted by Gasteiger charge is 2.46. The lowest BCUT2D eigenvalue weighted by Gasteiger charge is -2.40. The molecule has 0 N–H and O–H groups in total. The number of hydrogen-bond acceptors (Lipinski definition) is 3. The first-order valence-electron chi connectivity index (χ1n) is 19.9. The van der Waals surface area contributed by atoms with Gasteiger partial charge in [-0.05, 0) is 122 Å². The van der Waals surface area contributed by atoms with E-state index in [0.717, 1.165) is 34.2 Å². The largest absolute Gasteiger partial charge is 0.458 e. The topological polar surface area (TPSA) is 15.7 Å². The van der Waals surface area contributed by atoms with E-state index in [1.54, 1.807) is 0 Å². The Hall–Kier alpha value is -7.04. The molecule has 268 valence electrons. The van der Waals surface area contributed by atoms with E-state index >= 15 is 0 Å². The van der Waals surface area contributed by atoms with Gasteiger partial charge >= 0.3 is 0 Å². The van der Waals surface area contributed by atoms with Crippen LogP contribution in [-0.4, -0.2) is 6.71 Å². The summed E-state index contributed by atoms with van der Waals surface area (Å²) in [6.45, 7) is 4.80. The lowest BCUT2D eigenvalue weighted by molar-refractivity contribution is 0.487. The molecule has 9 aromatic rings. The van der Waals surface area contributed by atoms with Crippen molar-refractivity contribution in [3.8, 4) is 22.6 Å². The van der Waals surface area contributed by atoms with Crippen molar-refractivity contribution < 1.29 is 4.74 Å². The second-order valence-corrected chi connectivity index (χ2v) is 16.0. The molecule has 12 rings (SSSR count). The number of hydrogen-bond donors (Lipinski definition) is 0. The normalized spacial score (nSPS) is 14.0. The van der Waals surface area contributed by atoms with E-state index in [-0.39, 0.29) is 12.1 Å². The van der Waals surface area contributed by atoms with Gasteiger partial charge in [-0.3, -0.25) is 0 Å². The predicted octanol–water partition coefficient (Wildman–Crippen LogP) is 12.2. The molecule has 0 unspecified atom stereocenters. The van der Waals surface area contributed by atoms with Gasteiger partial charge in [0.25, 0.3) is 6.71 Å². The van der Waals surface area contributed by atoms with Crippen LogP contribution in [0, 0.1) is 0 Å². The van der Waals surface area contributed by atoms with Crippen molar-refractivity contribution in [1.29, 1.82) is 0 Å². The minimum atomic E-state index is -0.288. The van der Waals surface area contributed by atoms with Crippen LogP contribution in [-0.2, 0) is 5.41 Å². The third-order valence-corrected chi connectivity index (χ3v) is 12.7. The molecule has 0 fully saturated rings. The van der Waals surface area contributed by atoms with E-state index in [4.69, 9.17) is 4.74 Å². The van der Waals surface area contributed by atoms with Crippen LogP contribution in [0.25, 0.3) is 32.7 Å². The Morgan fingerprint density at radius 1 is 0.509 bits per heavy atom. The monoisotopic (exact) mass is 728 g/mol. The Morgan fingerprint density at radius 2 is 1.14 bits per heavy atom. The molecule has 0 spiro atoms. The first-order valence-corrected chi connectivity index (χ1v) is 19.9. The molecule has 0 saturated carbocycles. The van der Waals surface area contributed by atoms with Gasteiger partial charge < -0.3 is 14.5 Å². The summed E-state index contributed by atoms with van der Waals surface area (Å²) < 4.78 is 7.10. The van der Waals surface area contributed by atoms with Crippen molar-refractivity contribution in [2.75, 3.05) is 9.80 Å². The van der Waals surface area contributed by atoms with E-state index in [2.05, 4.69) is 212 Å². The van der Waals surface area contributed by atoms with Crippen molar-refractivity contribution in [3.05, 3.63) is 199 Å². The summed E-state index contributed by atoms with van der Waals surface area (Å²) in [4.78, 5) is 4.84. The second kappa shape index (κ2) is 12.0. The lowest BCUT2D eigenvalue weighted by Crippen LogP contribution is -2.59. The lowest BCUT2D eigenvalue weighted by atomic mass is 9.33. The quantitative estimate of drug-likeness (QED) is 0.168. The van der Waals surface area contributed by atoms with Gasteiger partial charge in [0.1, 0.15) is 11.5 Å². The molecular formula is C53H37BN2O. The molecule has 4 heteroatoms. The summed E-state index contributed by atoms with van der Waals surface area (Å²) >= 11 is 0. The Balaban J connectivity index is 1.11. The number of benzene rings is 9. The molecule has 0 bridgehead atoms. The SMILES string of the molecule is CC1(C)c2cc3c(cc2-c2c1cc(N(c1ccccc1)c1ccccc1)c1ccccc21)Oc1cccc2c1B3c1c(ccc3ccccc13)N2c1ccccc1. The van der Waals surface area contributed by atoms with E-state index in [1.165, 1.54) is 71.6 Å². The molecule has 2 aliphatic heterocycles. The summed E-state index contributed by atoms with van der Waals surface area (Å²) in [5, 5.41) is 4.98. The molecule has 0 atom stereocenters. The van der Waals surface area contributed by atoms with Gasteiger partial charge in [-0.1, -0.05) is 135 Å². The zero-order valence-electron chi connectivity index (χ0n) is 31.8. The molecule has 1 aliphatic carbocycles. The molecule has 0 amide bonds. The minimum absolute atomic E-state index is 0.00946. The van der Waals surface area contributed by atoms with Gasteiger partial charge in [0.05, 0.1) is 5.69 Å². The van der Waals surface area contributed by atoms with Crippen molar-refractivity contribution in [1.82, 2.24) is 0 Å². The Bertz CT molecular complexity index is 3050. The highest BCUT2D eigenvalue weighted by Crippen LogP contribution is 2.55. The highest BCUT2D eigenvalue weighted by atomic mass is 16.5. The fourth-order valence-electron chi connectivity index (χ4n) is 10.1. The molecule has 0 radical (unpaired) electrons. The van der Waals surface area contributed by atoms with Crippen LogP contribution in [0.2, 0.25) is 0 Å². The number of fused-ring (bicyclic) bond motifs is 11. The number of ether oxygens (including phenoxy) is 1. The van der Waals surface area contributed by atoms with Gasteiger partial charge in [-0.2, -0.15) is 0 Å².